The average molecular weight is 279 g/mol. The van der Waals surface area contributed by atoms with Crippen molar-refractivity contribution in [2.75, 3.05) is 7.11 Å². The van der Waals surface area contributed by atoms with Crippen molar-refractivity contribution in [1.82, 2.24) is 4.90 Å². The van der Waals surface area contributed by atoms with Crippen LogP contribution in [0.3, 0.4) is 0 Å². The molecule has 0 aliphatic carbocycles. The molecule has 1 aliphatic heterocycles. The molecule has 102 valence electrons. The summed E-state index contributed by atoms with van der Waals surface area (Å²) in [4.78, 5) is 24.7. The molecule has 19 heavy (non-hydrogen) atoms. The minimum Gasteiger partial charge on any atom is -0.467 e. The second kappa shape index (κ2) is 6.10. The summed E-state index contributed by atoms with van der Waals surface area (Å²) in [6.07, 6.45) is 0.499. The maximum atomic E-state index is 11.6. The molecule has 5 heteroatoms. The smallest absolute Gasteiger partial charge is 0.328 e. The number of hydrogen-bond donors (Lipinski definition) is 0. The number of thioether (sulfide) groups is 1. The molecule has 4 nitrogen and oxygen atoms in total. The van der Waals surface area contributed by atoms with Crippen LogP contribution in [0.1, 0.15) is 18.9 Å². The number of nitrogens with zero attached hydrogens (tertiary/aromatic N) is 1. The normalized spacial score (nSPS) is 19.8. The van der Waals surface area contributed by atoms with Gasteiger partial charge in [0, 0.05) is 5.75 Å². The third-order valence-electron chi connectivity index (χ3n) is 3.19. The molecule has 0 saturated carbocycles. The highest BCUT2D eigenvalue weighted by Crippen LogP contribution is 2.33. The molecule has 0 aromatic heterocycles. The Hall–Kier alpha value is -1.49. The zero-order chi connectivity index (χ0) is 13.8. The van der Waals surface area contributed by atoms with E-state index in [0.717, 1.165) is 5.75 Å². The average Bonchev–Trinajstić information content (AvgIpc) is 2.43. The molecule has 1 aromatic rings. The van der Waals surface area contributed by atoms with Gasteiger partial charge in [-0.1, -0.05) is 30.3 Å². The van der Waals surface area contributed by atoms with E-state index in [9.17, 15) is 9.59 Å². The Morgan fingerprint density at radius 3 is 2.74 bits per heavy atom. The van der Waals surface area contributed by atoms with Gasteiger partial charge in [0.05, 0.1) is 18.9 Å². The second-order valence-electron chi connectivity index (χ2n) is 4.46. The number of carbonyl (C=O) groups is 2. The Bertz CT molecular complexity index is 463. The van der Waals surface area contributed by atoms with Crippen LogP contribution in [0, 0.1) is 0 Å². The maximum Gasteiger partial charge on any atom is 0.328 e. The molecular formula is C14H17NO3S. The fraction of sp³-hybridized carbons (Fsp3) is 0.429. The van der Waals surface area contributed by atoms with Gasteiger partial charge in [-0.2, -0.15) is 0 Å². The summed E-state index contributed by atoms with van der Waals surface area (Å²) in [5, 5.41) is 0.0711. The van der Waals surface area contributed by atoms with Crippen molar-refractivity contribution in [1.29, 1.82) is 0 Å². The van der Waals surface area contributed by atoms with Gasteiger partial charge in [-0.05, 0) is 12.5 Å². The Morgan fingerprint density at radius 2 is 2.16 bits per heavy atom. The van der Waals surface area contributed by atoms with Crippen LogP contribution in [-0.2, 0) is 20.1 Å². The number of esters is 1. The van der Waals surface area contributed by atoms with Gasteiger partial charge in [0.25, 0.3) is 0 Å². The van der Waals surface area contributed by atoms with Crippen molar-refractivity contribution in [2.45, 2.75) is 30.5 Å². The van der Waals surface area contributed by atoms with Crippen LogP contribution in [0.25, 0.3) is 0 Å². The quantitative estimate of drug-likeness (QED) is 0.611. The SMILES string of the molecule is COC(=O)C(C)N1C(=O)CC1SCc1ccccc1. The number of β-lactam (4-membered cyclic amide) rings is 1. The van der Waals surface area contributed by atoms with Crippen LogP contribution < -0.4 is 0 Å². The molecule has 1 aromatic carbocycles. The molecule has 2 atom stereocenters. The Labute approximate surface area is 117 Å². The van der Waals surface area contributed by atoms with Crippen molar-refractivity contribution in [2.24, 2.45) is 0 Å². The van der Waals surface area contributed by atoms with Gasteiger partial charge in [-0.3, -0.25) is 4.79 Å². The van der Waals surface area contributed by atoms with Gasteiger partial charge in [0.2, 0.25) is 5.91 Å². The molecule has 1 saturated heterocycles. The van der Waals surface area contributed by atoms with Crippen LogP contribution in [0.4, 0.5) is 0 Å². The minimum atomic E-state index is -0.500. The summed E-state index contributed by atoms with van der Waals surface area (Å²) >= 11 is 1.68. The van der Waals surface area contributed by atoms with E-state index in [-0.39, 0.29) is 17.3 Å². The number of rotatable bonds is 5. The third-order valence-corrected chi connectivity index (χ3v) is 4.47. The van der Waals surface area contributed by atoms with Crippen molar-refractivity contribution in [3.63, 3.8) is 0 Å². The number of carbonyl (C=O) groups excluding carboxylic acids is 2. The first-order valence-corrected chi connectivity index (χ1v) is 7.23. The number of methoxy groups -OCH3 is 1. The van der Waals surface area contributed by atoms with E-state index in [4.69, 9.17) is 0 Å². The highest BCUT2D eigenvalue weighted by atomic mass is 32.2. The van der Waals surface area contributed by atoms with E-state index >= 15 is 0 Å². The van der Waals surface area contributed by atoms with Crippen molar-refractivity contribution < 1.29 is 14.3 Å². The fourth-order valence-electron chi connectivity index (χ4n) is 2.06. The highest BCUT2D eigenvalue weighted by Gasteiger charge is 2.42. The van der Waals surface area contributed by atoms with E-state index < -0.39 is 6.04 Å². The van der Waals surface area contributed by atoms with Crippen molar-refractivity contribution >= 4 is 23.6 Å². The lowest BCUT2D eigenvalue weighted by atomic mass is 10.1. The van der Waals surface area contributed by atoms with Crippen LogP contribution in [0.5, 0.6) is 0 Å². The van der Waals surface area contributed by atoms with Crippen LogP contribution in [0.2, 0.25) is 0 Å². The van der Waals surface area contributed by atoms with Crippen molar-refractivity contribution in [3.05, 3.63) is 35.9 Å². The predicted molar refractivity (Wildman–Crippen MR) is 74.5 cm³/mol. The van der Waals surface area contributed by atoms with Crippen LogP contribution in [-0.4, -0.2) is 35.3 Å². The van der Waals surface area contributed by atoms with E-state index in [2.05, 4.69) is 16.9 Å². The van der Waals surface area contributed by atoms with Crippen LogP contribution >= 0.6 is 11.8 Å². The first-order chi connectivity index (χ1) is 9.13. The summed E-state index contributed by atoms with van der Waals surface area (Å²) in [6, 6.07) is 9.59. The zero-order valence-electron chi connectivity index (χ0n) is 11.0. The Balaban J connectivity index is 1.91. The van der Waals surface area contributed by atoms with Crippen LogP contribution in [0.15, 0.2) is 30.3 Å². The second-order valence-corrected chi connectivity index (χ2v) is 5.62. The first kappa shape index (κ1) is 13.9. The molecule has 1 aliphatic rings. The van der Waals surface area contributed by atoms with Gasteiger partial charge < -0.3 is 9.64 Å². The summed E-state index contributed by atoms with van der Waals surface area (Å²) in [6.45, 7) is 1.71. The van der Waals surface area contributed by atoms with Crippen molar-refractivity contribution in [3.8, 4) is 0 Å². The molecule has 0 spiro atoms. The molecule has 2 unspecified atom stereocenters. The Morgan fingerprint density at radius 1 is 1.47 bits per heavy atom. The molecule has 0 radical (unpaired) electrons. The van der Waals surface area contributed by atoms with E-state index in [1.165, 1.54) is 12.7 Å². The number of hydrogen-bond acceptors (Lipinski definition) is 4. The van der Waals surface area contributed by atoms with Gasteiger partial charge >= 0.3 is 5.97 Å². The topological polar surface area (TPSA) is 46.6 Å². The molecule has 0 bridgehead atoms. The van der Waals surface area contributed by atoms with E-state index in [1.807, 2.05) is 18.2 Å². The third kappa shape index (κ3) is 3.10. The lowest BCUT2D eigenvalue weighted by Crippen LogP contribution is -2.57. The molecular weight excluding hydrogens is 262 g/mol. The molecule has 1 amide bonds. The molecule has 1 heterocycles. The number of benzene rings is 1. The summed E-state index contributed by atoms with van der Waals surface area (Å²) in [5.41, 5.74) is 1.22. The molecule has 1 fully saturated rings. The van der Waals surface area contributed by atoms with Gasteiger partial charge in [-0.15, -0.1) is 11.8 Å². The predicted octanol–water partition coefficient (Wildman–Crippen LogP) is 2.04. The zero-order valence-corrected chi connectivity index (χ0v) is 11.9. The van der Waals surface area contributed by atoms with Gasteiger partial charge in [0.15, 0.2) is 0 Å². The summed E-state index contributed by atoms with van der Waals surface area (Å²) in [5.74, 6) is 0.491. The number of likely N-dealkylation sites (tertiary alicyclic amines) is 1. The first-order valence-electron chi connectivity index (χ1n) is 6.18. The monoisotopic (exact) mass is 279 g/mol. The molecule has 0 N–H and O–H groups in total. The van der Waals surface area contributed by atoms with Gasteiger partial charge in [-0.25, -0.2) is 4.79 Å². The van der Waals surface area contributed by atoms with Gasteiger partial charge in [0.1, 0.15) is 6.04 Å². The largest absolute Gasteiger partial charge is 0.467 e. The fourth-order valence-corrected chi connectivity index (χ4v) is 3.36. The minimum absolute atomic E-state index is 0.0171. The standard InChI is InChI=1S/C14H17NO3S/c1-10(14(17)18-2)15-12(16)8-13(15)19-9-11-6-4-3-5-7-11/h3-7,10,13H,8-9H2,1-2H3. The Kier molecular flexibility index (Phi) is 4.47. The maximum absolute atomic E-state index is 11.6. The van der Waals surface area contributed by atoms with E-state index in [1.54, 1.807) is 23.6 Å². The number of ether oxygens (including phenoxy) is 1. The molecule has 2 rings (SSSR count). The van der Waals surface area contributed by atoms with E-state index in [0.29, 0.717) is 6.42 Å². The highest BCUT2D eigenvalue weighted by molar-refractivity contribution is 7.99. The lowest BCUT2D eigenvalue weighted by molar-refractivity contribution is -0.158. The summed E-state index contributed by atoms with van der Waals surface area (Å²) in [7, 11) is 1.34. The lowest BCUT2D eigenvalue weighted by Gasteiger charge is -2.42. The number of amides is 1. The summed E-state index contributed by atoms with van der Waals surface area (Å²) < 4.78 is 4.69.